The molecule has 1 aromatic carbocycles. The molecule has 0 aliphatic carbocycles. The number of nitrogens with zero attached hydrogens (tertiary/aromatic N) is 2. The highest BCUT2D eigenvalue weighted by molar-refractivity contribution is 8.00. The normalized spacial score (nSPS) is 15.5. The number of ketones is 1. The van der Waals surface area contributed by atoms with E-state index >= 15 is 0 Å². The van der Waals surface area contributed by atoms with E-state index in [1.54, 1.807) is 18.1 Å². The lowest BCUT2D eigenvalue weighted by molar-refractivity contribution is -0.159. The maximum absolute atomic E-state index is 13.2. The number of rotatable bonds is 4. The van der Waals surface area contributed by atoms with Gasteiger partial charge in [-0.05, 0) is 36.6 Å². The molecule has 156 valence electrons. The number of hydrogen-bond donors (Lipinski definition) is 3. The van der Waals surface area contributed by atoms with Gasteiger partial charge in [0.05, 0.1) is 17.8 Å². The zero-order valence-corrected chi connectivity index (χ0v) is 17.1. The quantitative estimate of drug-likeness (QED) is 0.329. The second-order valence-electron chi connectivity index (χ2n) is 6.62. The maximum atomic E-state index is 13.2. The topological polar surface area (TPSA) is 124 Å². The summed E-state index contributed by atoms with van der Waals surface area (Å²) in [5, 5.41) is 15.8. The van der Waals surface area contributed by atoms with Gasteiger partial charge < -0.3 is 19.5 Å². The highest BCUT2D eigenvalue weighted by Crippen LogP contribution is 2.34. The van der Waals surface area contributed by atoms with Crippen LogP contribution in [0.5, 0.6) is 0 Å². The Balaban J connectivity index is 0.000000377. The summed E-state index contributed by atoms with van der Waals surface area (Å²) in [5.74, 6) is -2.57. The Bertz CT molecular complexity index is 1050. The van der Waals surface area contributed by atoms with Gasteiger partial charge in [0.25, 0.3) is 0 Å². The van der Waals surface area contributed by atoms with Crippen LogP contribution in [0.25, 0.3) is 10.9 Å². The van der Waals surface area contributed by atoms with Crippen LogP contribution in [0.4, 0.5) is 5.69 Å². The van der Waals surface area contributed by atoms with Crippen molar-refractivity contribution in [3.63, 3.8) is 0 Å². The number of aromatic nitrogens is 2. The molecule has 0 bridgehead atoms. The van der Waals surface area contributed by atoms with Crippen molar-refractivity contribution < 1.29 is 24.6 Å². The largest absolute Gasteiger partial charge is 0.473 e. The number of carbonyl (C=O) groups is 3. The van der Waals surface area contributed by atoms with Crippen LogP contribution < -0.4 is 4.31 Å². The molecular weight excluding hydrogens is 406 g/mol. The van der Waals surface area contributed by atoms with Crippen LogP contribution in [0.15, 0.2) is 48.8 Å². The molecule has 8 nitrogen and oxygen atoms in total. The van der Waals surface area contributed by atoms with Gasteiger partial charge in [-0.1, -0.05) is 25.1 Å². The highest BCUT2D eigenvalue weighted by Gasteiger charge is 2.32. The van der Waals surface area contributed by atoms with Crippen molar-refractivity contribution in [2.24, 2.45) is 5.92 Å². The highest BCUT2D eigenvalue weighted by atomic mass is 32.2. The molecule has 9 heteroatoms. The number of carboxylic acids is 2. The van der Waals surface area contributed by atoms with Crippen molar-refractivity contribution in [2.75, 3.05) is 16.6 Å². The number of carboxylic acid groups (broad SMARTS) is 2. The maximum Gasteiger partial charge on any atom is 0.414 e. The van der Waals surface area contributed by atoms with E-state index in [1.807, 2.05) is 42.6 Å². The molecule has 3 N–H and O–H groups in total. The van der Waals surface area contributed by atoms with Gasteiger partial charge in [0.1, 0.15) is 0 Å². The molecule has 0 spiro atoms. The molecule has 30 heavy (non-hydrogen) atoms. The minimum atomic E-state index is -1.82. The number of aromatic amines is 1. The summed E-state index contributed by atoms with van der Waals surface area (Å²) in [6, 6.07) is 12.0. The van der Waals surface area contributed by atoms with Crippen LogP contribution in [0.3, 0.4) is 0 Å². The van der Waals surface area contributed by atoms with E-state index in [2.05, 4.69) is 21.2 Å². The SMILES string of the molecule is CCc1[nH]c2ccccc2c1C(=O)C1CSN(c2cccnc2)C1.O=C(O)C(=O)O. The fourth-order valence-electron chi connectivity index (χ4n) is 3.27. The van der Waals surface area contributed by atoms with Gasteiger partial charge in [-0.25, -0.2) is 9.59 Å². The van der Waals surface area contributed by atoms with Crippen molar-refractivity contribution in [3.8, 4) is 0 Å². The Morgan fingerprint density at radius 1 is 1.17 bits per heavy atom. The summed E-state index contributed by atoms with van der Waals surface area (Å²) in [6.07, 6.45) is 4.46. The van der Waals surface area contributed by atoms with E-state index < -0.39 is 11.9 Å². The first-order valence-electron chi connectivity index (χ1n) is 9.32. The zero-order valence-electron chi connectivity index (χ0n) is 16.2. The molecule has 1 unspecified atom stereocenters. The predicted octanol–water partition coefficient (Wildman–Crippen LogP) is 3.25. The predicted molar refractivity (Wildman–Crippen MR) is 115 cm³/mol. The summed E-state index contributed by atoms with van der Waals surface area (Å²) >= 11 is 1.71. The standard InChI is InChI=1S/C19H19N3OS.C2H2O4/c1-2-16-18(15-7-3-4-8-17(15)21-16)19(23)13-11-22(24-12-13)14-6-5-9-20-10-14;3-1(4)2(5)6/h3-10,13,21H,2,11-12H2,1H3;(H,3,4)(H,5,6). The molecule has 0 radical (unpaired) electrons. The van der Waals surface area contributed by atoms with Gasteiger partial charge >= 0.3 is 11.9 Å². The lowest BCUT2D eigenvalue weighted by Crippen LogP contribution is -2.22. The first kappa shape index (κ1) is 21.4. The van der Waals surface area contributed by atoms with Crippen LogP contribution in [-0.4, -0.2) is 50.2 Å². The zero-order chi connectivity index (χ0) is 21.7. The van der Waals surface area contributed by atoms with Crippen molar-refractivity contribution in [1.29, 1.82) is 0 Å². The first-order chi connectivity index (χ1) is 14.4. The van der Waals surface area contributed by atoms with Crippen LogP contribution in [0.2, 0.25) is 0 Å². The third-order valence-corrected chi connectivity index (χ3v) is 5.91. The summed E-state index contributed by atoms with van der Waals surface area (Å²) in [6.45, 7) is 2.82. The van der Waals surface area contributed by atoms with E-state index in [1.165, 1.54) is 0 Å². The number of para-hydroxylation sites is 1. The lowest BCUT2D eigenvalue weighted by Gasteiger charge is -2.16. The van der Waals surface area contributed by atoms with Crippen molar-refractivity contribution >= 4 is 46.3 Å². The second-order valence-corrected chi connectivity index (χ2v) is 7.65. The van der Waals surface area contributed by atoms with Gasteiger partial charge in [0.15, 0.2) is 5.78 Å². The third kappa shape index (κ3) is 4.62. The van der Waals surface area contributed by atoms with Gasteiger partial charge in [-0.3, -0.25) is 9.78 Å². The number of fused-ring (bicyclic) bond motifs is 1. The van der Waals surface area contributed by atoms with Gasteiger partial charge in [0.2, 0.25) is 0 Å². The molecule has 3 aromatic rings. The van der Waals surface area contributed by atoms with Gasteiger partial charge in [-0.2, -0.15) is 0 Å². The van der Waals surface area contributed by atoms with E-state index in [4.69, 9.17) is 19.8 Å². The van der Waals surface area contributed by atoms with Crippen molar-refractivity contribution in [2.45, 2.75) is 13.3 Å². The number of aryl methyl sites for hydroxylation is 1. The van der Waals surface area contributed by atoms with E-state index in [9.17, 15) is 4.79 Å². The molecule has 3 heterocycles. The van der Waals surface area contributed by atoms with Crippen molar-refractivity contribution in [1.82, 2.24) is 9.97 Å². The number of anilines is 1. The Morgan fingerprint density at radius 3 is 2.53 bits per heavy atom. The van der Waals surface area contributed by atoms with Crippen LogP contribution in [0.1, 0.15) is 23.0 Å². The fourth-order valence-corrected chi connectivity index (χ4v) is 4.43. The number of carbonyl (C=O) groups excluding carboxylic acids is 1. The van der Waals surface area contributed by atoms with Crippen molar-refractivity contribution in [3.05, 3.63) is 60.0 Å². The first-order valence-corrected chi connectivity index (χ1v) is 10.3. The van der Waals surface area contributed by atoms with E-state index in [0.29, 0.717) is 0 Å². The molecule has 0 saturated carbocycles. The number of hydrogen-bond acceptors (Lipinski definition) is 6. The number of pyridine rings is 1. The third-order valence-electron chi connectivity index (χ3n) is 4.69. The monoisotopic (exact) mass is 427 g/mol. The average Bonchev–Trinajstić information content (AvgIpc) is 3.39. The number of benzene rings is 1. The molecule has 2 aromatic heterocycles. The Morgan fingerprint density at radius 2 is 1.90 bits per heavy atom. The Kier molecular flexibility index (Phi) is 6.73. The summed E-state index contributed by atoms with van der Waals surface area (Å²) in [7, 11) is 0. The summed E-state index contributed by atoms with van der Waals surface area (Å²) in [4.78, 5) is 39.0. The summed E-state index contributed by atoms with van der Waals surface area (Å²) in [5.41, 5.74) is 4.04. The van der Waals surface area contributed by atoms with E-state index in [0.717, 1.165) is 46.6 Å². The molecule has 1 aliphatic heterocycles. The molecular formula is C21H21N3O5S. The van der Waals surface area contributed by atoms with Gasteiger partial charge in [0, 0.05) is 40.7 Å². The molecule has 1 fully saturated rings. The number of aliphatic carboxylic acids is 2. The van der Waals surface area contributed by atoms with Crippen LogP contribution >= 0.6 is 11.9 Å². The Labute approximate surface area is 177 Å². The molecule has 4 rings (SSSR count). The second kappa shape index (κ2) is 9.45. The minimum Gasteiger partial charge on any atom is -0.473 e. The van der Waals surface area contributed by atoms with Crippen LogP contribution in [-0.2, 0) is 16.0 Å². The van der Waals surface area contributed by atoms with Crippen LogP contribution in [0, 0.1) is 5.92 Å². The van der Waals surface area contributed by atoms with Gasteiger partial charge in [-0.15, -0.1) is 0 Å². The molecule has 1 aliphatic rings. The number of Topliss-reactive ketones (excluding diaryl/α,β-unsaturated/α-hetero) is 1. The minimum absolute atomic E-state index is 0.0136. The van der Waals surface area contributed by atoms with E-state index in [-0.39, 0.29) is 11.7 Å². The average molecular weight is 427 g/mol. The molecule has 1 saturated heterocycles. The molecule has 0 amide bonds. The molecule has 1 atom stereocenters. The summed E-state index contributed by atoms with van der Waals surface area (Å²) < 4.78 is 2.18. The number of H-pyrrole nitrogens is 1. The fraction of sp³-hybridized carbons (Fsp3) is 0.238. The smallest absolute Gasteiger partial charge is 0.414 e. The number of nitrogens with one attached hydrogen (secondary N) is 1. The Hall–Kier alpha value is -3.33. The lowest BCUT2D eigenvalue weighted by atomic mass is 9.95.